The van der Waals surface area contributed by atoms with Gasteiger partial charge in [-0.25, -0.2) is 25.9 Å². The van der Waals surface area contributed by atoms with Crippen molar-refractivity contribution in [3.8, 4) is 0 Å². The fraction of sp³-hybridized carbons (Fsp3) is 0.136. The Morgan fingerprint density at radius 2 is 1.48 bits per heavy atom. The van der Waals surface area contributed by atoms with E-state index in [4.69, 9.17) is 0 Å². The van der Waals surface area contributed by atoms with Crippen molar-refractivity contribution in [3.05, 3.63) is 89.7 Å². The topological polar surface area (TPSA) is 121 Å². The van der Waals surface area contributed by atoms with E-state index < -0.39 is 31.8 Å². The first-order valence-corrected chi connectivity index (χ1v) is 12.8. The Balaban J connectivity index is 1.59. The molecule has 0 heterocycles. The van der Waals surface area contributed by atoms with Gasteiger partial charge in [0, 0.05) is 24.3 Å². The van der Waals surface area contributed by atoms with E-state index in [1.54, 1.807) is 12.1 Å². The van der Waals surface area contributed by atoms with E-state index in [2.05, 4.69) is 14.8 Å². The minimum Gasteiger partial charge on any atom is -0.351 e. The fourth-order valence-electron chi connectivity index (χ4n) is 2.80. The van der Waals surface area contributed by atoms with Gasteiger partial charge in [0.25, 0.3) is 15.9 Å². The number of sulfonamides is 2. The number of benzene rings is 3. The summed E-state index contributed by atoms with van der Waals surface area (Å²) < 4.78 is 67.4. The molecule has 3 rings (SSSR count). The molecular formula is C22H22FN3O5S2. The van der Waals surface area contributed by atoms with Crippen LogP contribution < -0.4 is 14.8 Å². The molecule has 174 valence electrons. The molecule has 3 aromatic rings. The molecule has 0 aliphatic carbocycles. The lowest BCUT2D eigenvalue weighted by Gasteiger charge is -2.10. The summed E-state index contributed by atoms with van der Waals surface area (Å²) in [6.07, 6.45) is 0. The highest BCUT2D eigenvalue weighted by atomic mass is 32.2. The maximum Gasteiger partial charge on any atom is 0.261 e. The second kappa shape index (κ2) is 10.1. The van der Waals surface area contributed by atoms with Crippen LogP contribution in [0.15, 0.2) is 82.6 Å². The minimum atomic E-state index is -4.00. The van der Waals surface area contributed by atoms with Gasteiger partial charge >= 0.3 is 0 Å². The molecule has 0 unspecified atom stereocenters. The molecule has 0 saturated heterocycles. The second-order valence-corrected chi connectivity index (χ2v) is 10.6. The molecule has 0 aliphatic rings. The van der Waals surface area contributed by atoms with Crippen LogP contribution in [0, 0.1) is 12.7 Å². The molecule has 0 aliphatic heterocycles. The SMILES string of the molecule is Cc1ccc(S(=O)(=O)NCCNC(=O)c2cccc(S(=O)(=O)Nc3ccc(F)cc3)c2)cc1. The Hall–Kier alpha value is -3.28. The number of carbonyl (C=O) groups is 1. The molecule has 3 N–H and O–H groups in total. The summed E-state index contributed by atoms with van der Waals surface area (Å²) in [5, 5.41) is 2.54. The van der Waals surface area contributed by atoms with Gasteiger partial charge in [0.05, 0.1) is 9.79 Å². The van der Waals surface area contributed by atoms with Crippen molar-refractivity contribution in [3.63, 3.8) is 0 Å². The summed E-state index contributed by atoms with van der Waals surface area (Å²) in [5.41, 5.74) is 1.18. The Morgan fingerprint density at radius 1 is 0.818 bits per heavy atom. The first-order valence-electron chi connectivity index (χ1n) is 9.80. The number of carbonyl (C=O) groups excluding carboxylic acids is 1. The standard InChI is InChI=1S/C22H22FN3O5S2/c1-16-5-11-20(12-6-16)32(28,29)25-14-13-24-22(27)17-3-2-4-21(15-17)33(30,31)26-19-9-7-18(23)8-10-19/h2-12,15,25-26H,13-14H2,1H3,(H,24,27). The van der Waals surface area contributed by atoms with E-state index in [0.29, 0.717) is 0 Å². The zero-order chi connectivity index (χ0) is 24.1. The summed E-state index contributed by atoms with van der Waals surface area (Å²) in [6.45, 7) is 1.79. The van der Waals surface area contributed by atoms with Crippen molar-refractivity contribution in [1.82, 2.24) is 10.0 Å². The highest BCUT2D eigenvalue weighted by molar-refractivity contribution is 7.92. The summed E-state index contributed by atoms with van der Waals surface area (Å²) >= 11 is 0. The molecular weight excluding hydrogens is 469 g/mol. The molecule has 0 bridgehead atoms. The van der Waals surface area contributed by atoms with Gasteiger partial charge in [0.15, 0.2) is 0 Å². The number of rotatable bonds is 9. The smallest absolute Gasteiger partial charge is 0.261 e. The fourth-order valence-corrected chi connectivity index (χ4v) is 4.94. The summed E-state index contributed by atoms with van der Waals surface area (Å²) in [6, 6.07) is 16.5. The zero-order valence-electron chi connectivity index (χ0n) is 17.6. The number of hydrogen-bond acceptors (Lipinski definition) is 5. The van der Waals surface area contributed by atoms with Crippen LogP contribution in [0.3, 0.4) is 0 Å². The van der Waals surface area contributed by atoms with Gasteiger partial charge in [0.2, 0.25) is 10.0 Å². The van der Waals surface area contributed by atoms with Crippen LogP contribution in [0.1, 0.15) is 15.9 Å². The highest BCUT2D eigenvalue weighted by Gasteiger charge is 2.17. The molecule has 0 radical (unpaired) electrons. The number of aryl methyl sites for hydroxylation is 1. The monoisotopic (exact) mass is 491 g/mol. The zero-order valence-corrected chi connectivity index (χ0v) is 19.2. The van der Waals surface area contributed by atoms with E-state index in [-0.39, 0.29) is 34.1 Å². The van der Waals surface area contributed by atoms with Crippen LogP contribution in [0.5, 0.6) is 0 Å². The summed E-state index contributed by atoms with van der Waals surface area (Å²) in [7, 11) is -7.72. The maximum atomic E-state index is 13.0. The number of hydrogen-bond donors (Lipinski definition) is 3. The van der Waals surface area contributed by atoms with Crippen LogP contribution in [0.2, 0.25) is 0 Å². The Kier molecular flexibility index (Phi) is 7.46. The Bertz CT molecular complexity index is 1340. The third-order valence-corrected chi connectivity index (χ3v) is 7.39. The minimum absolute atomic E-state index is 0.00523. The number of amides is 1. The van der Waals surface area contributed by atoms with Crippen LogP contribution in [0.4, 0.5) is 10.1 Å². The molecule has 0 fully saturated rings. The molecule has 0 spiro atoms. The van der Waals surface area contributed by atoms with Gasteiger partial charge in [-0.2, -0.15) is 0 Å². The molecule has 3 aromatic carbocycles. The molecule has 1 amide bonds. The van der Waals surface area contributed by atoms with Crippen LogP contribution in [0.25, 0.3) is 0 Å². The van der Waals surface area contributed by atoms with Gasteiger partial charge < -0.3 is 5.32 Å². The number of anilines is 1. The average molecular weight is 492 g/mol. The van der Waals surface area contributed by atoms with Crippen molar-refractivity contribution in [2.75, 3.05) is 17.8 Å². The predicted octanol–water partition coefficient (Wildman–Crippen LogP) is 2.64. The summed E-state index contributed by atoms with van der Waals surface area (Å²) in [5.74, 6) is -1.07. The quantitative estimate of drug-likeness (QED) is 0.398. The average Bonchev–Trinajstić information content (AvgIpc) is 2.78. The maximum absolute atomic E-state index is 13.0. The van der Waals surface area contributed by atoms with Gasteiger partial charge in [-0.3, -0.25) is 9.52 Å². The normalized spacial score (nSPS) is 11.7. The first kappa shape index (κ1) is 24.4. The van der Waals surface area contributed by atoms with Crippen molar-refractivity contribution < 1.29 is 26.0 Å². The predicted molar refractivity (Wildman–Crippen MR) is 122 cm³/mol. The van der Waals surface area contributed by atoms with E-state index in [0.717, 1.165) is 17.7 Å². The van der Waals surface area contributed by atoms with Gasteiger partial charge in [-0.15, -0.1) is 0 Å². The van der Waals surface area contributed by atoms with Gasteiger partial charge in [0.1, 0.15) is 5.82 Å². The van der Waals surface area contributed by atoms with E-state index in [1.165, 1.54) is 48.5 Å². The van der Waals surface area contributed by atoms with Crippen LogP contribution in [-0.2, 0) is 20.0 Å². The van der Waals surface area contributed by atoms with Crippen LogP contribution in [-0.4, -0.2) is 35.8 Å². The lowest BCUT2D eigenvalue weighted by atomic mass is 10.2. The van der Waals surface area contributed by atoms with Crippen molar-refractivity contribution in [2.24, 2.45) is 0 Å². The number of halogens is 1. The molecule has 33 heavy (non-hydrogen) atoms. The molecule has 0 atom stereocenters. The lowest BCUT2D eigenvalue weighted by molar-refractivity contribution is 0.0954. The van der Waals surface area contributed by atoms with Gasteiger partial charge in [-0.1, -0.05) is 23.8 Å². The molecule has 0 saturated carbocycles. The molecule has 0 aromatic heterocycles. The van der Waals surface area contributed by atoms with E-state index >= 15 is 0 Å². The van der Waals surface area contributed by atoms with E-state index in [1.807, 2.05) is 6.92 Å². The van der Waals surface area contributed by atoms with Gasteiger partial charge in [-0.05, 0) is 61.5 Å². The van der Waals surface area contributed by atoms with Crippen LogP contribution >= 0.6 is 0 Å². The number of nitrogens with one attached hydrogen (secondary N) is 3. The summed E-state index contributed by atoms with van der Waals surface area (Å²) in [4.78, 5) is 12.4. The third kappa shape index (κ3) is 6.60. The largest absolute Gasteiger partial charge is 0.351 e. The van der Waals surface area contributed by atoms with Crippen molar-refractivity contribution >= 4 is 31.6 Å². The highest BCUT2D eigenvalue weighted by Crippen LogP contribution is 2.17. The Morgan fingerprint density at radius 3 is 2.15 bits per heavy atom. The second-order valence-electron chi connectivity index (χ2n) is 7.11. The first-order chi connectivity index (χ1) is 15.6. The Labute approximate surface area is 192 Å². The van der Waals surface area contributed by atoms with Crippen molar-refractivity contribution in [2.45, 2.75) is 16.7 Å². The van der Waals surface area contributed by atoms with E-state index in [9.17, 15) is 26.0 Å². The molecule has 8 nitrogen and oxygen atoms in total. The van der Waals surface area contributed by atoms with Crippen molar-refractivity contribution in [1.29, 1.82) is 0 Å². The lowest BCUT2D eigenvalue weighted by Crippen LogP contribution is -2.34. The third-order valence-electron chi connectivity index (χ3n) is 4.54. The molecule has 11 heteroatoms.